The predicted octanol–water partition coefficient (Wildman–Crippen LogP) is 3.17. The third-order valence-electron chi connectivity index (χ3n) is 8.21. The molecule has 3 heterocycles. The number of aromatic nitrogens is 2. The second-order valence-corrected chi connectivity index (χ2v) is 10.8. The summed E-state index contributed by atoms with van der Waals surface area (Å²) in [5.74, 6) is 0.192. The molecule has 0 N–H and O–H groups in total. The monoisotopic (exact) mass is 516 g/mol. The van der Waals surface area contributed by atoms with Crippen molar-refractivity contribution in [2.75, 3.05) is 52.9 Å². The van der Waals surface area contributed by atoms with E-state index in [-0.39, 0.29) is 24.4 Å². The van der Waals surface area contributed by atoms with Gasteiger partial charge in [-0.3, -0.25) is 14.5 Å². The van der Waals surface area contributed by atoms with Crippen molar-refractivity contribution in [3.05, 3.63) is 66.0 Å². The Morgan fingerprint density at radius 3 is 2.39 bits per heavy atom. The van der Waals surface area contributed by atoms with Crippen molar-refractivity contribution in [1.82, 2.24) is 29.2 Å². The summed E-state index contributed by atoms with van der Waals surface area (Å²) in [5, 5.41) is 0. The van der Waals surface area contributed by atoms with E-state index >= 15 is 0 Å². The number of amides is 2. The molecule has 0 radical (unpaired) electrons. The van der Waals surface area contributed by atoms with Gasteiger partial charge in [0.25, 0.3) is 5.91 Å². The lowest BCUT2D eigenvalue weighted by Gasteiger charge is -2.45. The van der Waals surface area contributed by atoms with Gasteiger partial charge in [0.2, 0.25) is 11.7 Å². The Bertz CT molecular complexity index is 1250. The van der Waals surface area contributed by atoms with Crippen LogP contribution in [0, 0.1) is 0 Å². The second kappa shape index (κ2) is 11.7. The Hall–Kier alpha value is -3.23. The molecule has 1 aromatic heterocycles. The number of hydrogen-bond donors (Lipinski definition) is 0. The first-order chi connectivity index (χ1) is 18.4. The molecule has 2 aromatic carbocycles. The van der Waals surface area contributed by atoms with E-state index in [1.165, 1.54) is 12.8 Å². The van der Waals surface area contributed by atoms with Crippen LogP contribution in [0.2, 0.25) is 0 Å². The van der Waals surface area contributed by atoms with Crippen molar-refractivity contribution in [2.45, 2.75) is 45.3 Å². The topological polar surface area (TPSA) is 64.9 Å². The van der Waals surface area contributed by atoms with Gasteiger partial charge in [0.05, 0.1) is 11.0 Å². The van der Waals surface area contributed by atoms with Gasteiger partial charge in [0.1, 0.15) is 6.54 Å². The number of carbonyl (C=O) groups is 2. The normalized spacial score (nSPS) is 19.7. The molecule has 2 aliphatic heterocycles. The van der Waals surface area contributed by atoms with E-state index in [1.54, 1.807) is 4.90 Å². The average molecular weight is 517 g/mol. The molecular formula is C30H40N6O2. The molecule has 8 heteroatoms. The standard InChI is InChI=1S/C30H40N6O2/c1-4-33(22-28(37)35-19-18-34(20-23(35)2)25-14-16-32(3)17-15-25)30(38)29-31-26-12-8-9-13-27(26)36(29)21-24-10-6-5-7-11-24/h5-13,23,25H,4,14-22H2,1-3H3/t23-/m0/s1. The molecule has 1 atom stereocenters. The zero-order valence-corrected chi connectivity index (χ0v) is 22.9. The highest BCUT2D eigenvalue weighted by Gasteiger charge is 2.33. The maximum atomic E-state index is 13.8. The zero-order valence-electron chi connectivity index (χ0n) is 22.9. The summed E-state index contributed by atoms with van der Waals surface area (Å²) in [4.78, 5) is 40.5. The van der Waals surface area contributed by atoms with Gasteiger partial charge in [-0.05, 0) is 64.5 Å². The van der Waals surface area contributed by atoms with Crippen LogP contribution in [0.5, 0.6) is 0 Å². The van der Waals surface area contributed by atoms with Crippen LogP contribution in [0.1, 0.15) is 42.9 Å². The van der Waals surface area contributed by atoms with Gasteiger partial charge in [-0.1, -0.05) is 42.5 Å². The van der Waals surface area contributed by atoms with E-state index in [2.05, 4.69) is 35.9 Å². The SMILES string of the molecule is CCN(CC(=O)N1CCN(C2CCN(C)CC2)C[C@@H]1C)C(=O)c1nc2ccccc2n1Cc1ccccc1. The quantitative estimate of drug-likeness (QED) is 0.483. The van der Waals surface area contributed by atoms with Crippen molar-refractivity contribution < 1.29 is 9.59 Å². The van der Waals surface area contributed by atoms with Crippen LogP contribution in [0.3, 0.4) is 0 Å². The molecule has 0 saturated carbocycles. The highest BCUT2D eigenvalue weighted by atomic mass is 16.2. The maximum Gasteiger partial charge on any atom is 0.290 e. The summed E-state index contributed by atoms with van der Waals surface area (Å²) in [6.45, 7) is 9.92. The van der Waals surface area contributed by atoms with Crippen LogP contribution >= 0.6 is 0 Å². The average Bonchev–Trinajstić information content (AvgIpc) is 3.30. The van der Waals surface area contributed by atoms with Crippen molar-refractivity contribution in [3.63, 3.8) is 0 Å². The molecular weight excluding hydrogens is 476 g/mol. The van der Waals surface area contributed by atoms with Crippen LogP contribution in [0.25, 0.3) is 11.0 Å². The fourth-order valence-electron chi connectivity index (χ4n) is 5.94. The number of piperidine rings is 1. The Labute approximate surface area is 225 Å². The Kier molecular flexibility index (Phi) is 8.09. The van der Waals surface area contributed by atoms with Gasteiger partial charge in [0.15, 0.2) is 0 Å². The molecule has 202 valence electrons. The molecule has 2 amide bonds. The summed E-state index contributed by atoms with van der Waals surface area (Å²) >= 11 is 0. The number of nitrogens with zero attached hydrogens (tertiary/aromatic N) is 6. The fraction of sp³-hybridized carbons (Fsp3) is 0.500. The molecule has 5 rings (SSSR count). The van der Waals surface area contributed by atoms with Crippen molar-refractivity contribution in [1.29, 1.82) is 0 Å². The lowest BCUT2D eigenvalue weighted by Crippen LogP contribution is -2.59. The number of rotatable bonds is 7. The number of piperazine rings is 1. The maximum absolute atomic E-state index is 13.8. The van der Waals surface area contributed by atoms with Gasteiger partial charge >= 0.3 is 0 Å². The van der Waals surface area contributed by atoms with Gasteiger partial charge < -0.3 is 19.3 Å². The number of likely N-dealkylation sites (tertiary alicyclic amines) is 1. The van der Waals surface area contributed by atoms with Gasteiger partial charge in [0, 0.05) is 44.8 Å². The first kappa shape index (κ1) is 26.4. The minimum Gasteiger partial charge on any atom is -0.336 e. The summed E-state index contributed by atoms with van der Waals surface area (Å²) in [7, 11) is 2.19. The minimum absolute atomic E-state index is 0.0152. The summed E-state index contributed by atoms with van der Waals surface area (Å²) in [6, 6.07) is 18.7. The molecule has 3 aromatic rings. The minimum atomic E-state index is -0.203. The Morgan fingerprint density at radius 1 is 0.974 bits per heavy atom. The molecule has 0 unspecified atom stereocenters. The van der Waals surface area contributed by atoms with Crippen LogP contribution in [0.15, 0.2) is 54.6 Å². The number of carbonyl (C=O) groups excluding carboxylic acids is 2. The molecule has 2 aliphatic rings. The summed E-state index contributed by atoms with van der Waals surface area (Å²) < 4.78 is 1.98. The van der Waals surface area contributed by atoms with E-state index in [0.717, 1.165) is 42.8 Å². The lowest BCUT2D eigenvalue weighted by atomic mass is 10.0. The number of hydrogen-bond acceptors (Lipinski definition) is 5. The first-order valence-corrected chi connectivity index (χ1v) is 13.9. The van der Waals surface area contributed by atoms with Crippen molar-refractivity contribution in [2.24, 2.45) is 0 Å². The van der Waals surface area contributed by atoms with E-state index in [4.69, 9.17) is 4.98 Å². The number of imidazole rings is 1. The van der Waals surface area contributed by atoms with Crippen LogP contribution in [-0.2, 0) is 11.3 Å². The molecule has 38 heavy (non-hydrogen) atoms. The third kappa shape index (κ3) is 5.61. The van der Waals surface area contributed by atoms with Gasteiger partial charge in [-0.2, -0.15) is 0 Å². The molecule has 0 spiro atoms. The molecule has 2 saturated heterocycles. The van der Waals surface area contributed by atoms with E-state index in [1.807, 2.05) is 58.9 Å². The fourth-order valence-corrected chi connectivity index (χ4v) is 5.94. The highest BCUT2D eigenvalue weighted by Crippen LogP contribution is 2.22. The second-order valence-electron chi connectivity index (χ2n) is 10.8. The lowest BCUT2D eigenvalue weighted by molar-refractivity contribution is -0.137. The van der Waals surface area contributed by atoms with Crippen molar-refractivity contribution in [3.8, 4) is 0 Å². The van der Waals surface area contributed by atoms with E-state index in [9.17, 15) is 9.59 Å². The van der Waals surface area contributed by atoms with Crippen LogP contribution < -0.4 is 0 Å². The van der Waals surface area contributed by atoms with Crippen LogP contribution in [0.4, 0.5) is 0 Å². The number of para-hydroxylation sites is 2. The van der Waals surface area contributed by atoms with E-state index < -0.39 is 0 Å². The van der Waals surface area contributed by atoms with Gasteiger partial charge in [-0.15, -0.1) is 0 Å². The highest BCUT2D eigenvalue weighted by molar-refractivity contribution is 5.97. The number of likely N-dealkylation sites (N-methyl/N-ethyl adjacent to an activating group) is 1. The Morgan fingerprint density at radius 2 is 1.68 bits per heavy atom. The largest absolute Gasteiger partial charge is 0.336 e. The Balaban J connectivity index is 1.29. The molecule has 2 fully saturated rings. The molecule has 0 aliphatic carbocycles. The summed E-state index contributed by atoms with van der Waals surface area (Å²) in [5.41, 5.74) is 2.80. The summed E-state index contributed by atoms with van der Waals surface area (Å²) in [6.07, 6.45) is 2.39. The smallest absolute Gasteiger partial charge is 0.290 e. The first-order valence-electron chi connectivity index (χ1n) is 13.9. The predicted molar refractivity (Wildman–Crippen MR) is 150 cm³/mol. The van der Waals surface area contributed by atoms with Gasteiger partial charge in [-0.25, -0.2) is 4.98 Å². The number of fused-ring (bicyclic) bond motifs is 1. The zero-order chi connectivity index (χ0) is 26.6. The molecule has 8 nitrogen and oxygen atoms in total. The van der Waals surface area contributed by atoms with Crippen molar-refractivity contribution >= 4 is 22.8 Å². The third-order valence-corrected chi connectivity index (χ3v) is 8.21. The van der Waals surface area contributed by atoms with Crippen LogP contribution in [-0.4, -0.2) is 106 Å². The number of benzene rings is 2. The van der Waals surface area contributed by atoms with E-state index in [0.29, 0.717) is 31.5 Å². The molecule has 0 bridgehead atoms.